The minimum Gasteiger partial charge on any atom is -0.465 e. The van der Waals surface area contributed by atoms with Gasteiger partial charge in [0, 0.05) is 16.6 Å². The van der Waals surface area contributed by atoms with Gasteiger partial charge >= 0.3 is 5.97 Å². The lowest BCUT2D eigenvalue weighted by Gasteiger charge is -2.24. The fourth-order valence-electron chi connectivity index (χ4n) is 4.92. The van der Waals surface area contributed by atoms with Crippen LogP contribution in [0.3, 0.4) is 0 Å². The van der Waals surface area contributed by atoms with Crippen molar-refractivity contribution in [2.75, 3.05) is 11.9 Å². The Kier molecular flexibility index (Phi) is 5.46. The van der Waals surface area contributed by atoms with Gasteiger partial charge < -0.3 is 10.1 Å². The molecule has 0 aromatic heterocycles. The molecular weight excluding hydrogens is 398 g/mol. The summed E-state index contributed by atoms with van der Waals surface area (Å²) in [5.41, 5.74) is 5.50. The molecule has 1 saturated carbocycles. The molecule has 2 unspecified atom stereocenters. The molecule has 156 valence electrons. The summed E-state index contributed by atoms with van der Waals surface area (Å²) in [7, 11) is 0. The molecule has 1 saturated heterocycles. The Hall–Kier alpha value is -2.59. The maximum absolute atomic E-state index is 12.5. The molecule has 1 aliphatic heterocycles. The summed E-state index contributed by atoms with van der Waals surface area (Å²) in [4.78, 5) is 25.0. The molecule has 2 atom stereocenters. The summed E-state index contributed by atoms with van der Waals surface area (Å²) in [6.45, 7) is 8.52. The zero-order valence-electron chi connectivity index (χ0n) is 17.4. The molecule has 0 bridgehead atoms. The van der Waals surface area contributed by atoms with Crippen molar-refractivity contribution in [3.63, 3.8) is 0 Å². The average Bonchev–Trinajstić information content (AvgIpc) is 3.14. The van der Waals surface area contributed by atoms with Crippen LogP contribution in [-0.2, 0) is 27.2 Å². The highest BCUT2D eigenvalue weighted by atomic mass is 35.5. The first-order valence-electron chi connectivity index (χ1n) is 10.2. The van der Waals surface area contributed by atoms with Crippen LogP contribution < -0.4 is 5.32 Å². The van der Waals surface area contributed by atoms with E-state index >= 15 is 0 Å². The van der Waals surface area contributed by atoms with Gasteiger partial charge in [-0.2, -0.15) is 0 Å². The van der Waals surface area contributed by atoms with Gasteiger partial charge in [0.2, 0.25) is 5.91 Å². The van der Waals surface area contributed by atoms with E-state index in [-0.39, 0.29) is 17.8 Å². The highest BCUT2D eigenvalue weighted by Gasteiger charge is 2.55. The molecular formula is C25H26ClNO3. The summed E-state index contributed by atoms with van der Waals surface area (Å²) in [5, 5.41) is 3.65. The Labute approximate surface area is 182 Å². The van der Waals surface area contributed by atoms with E-state index in [1.54, 1.807) is 0 Å². The Bertz CT molecular complexity index is 1000. The second-order valence-electron chi connectivity index (χ2n) is 8.70. The second kappa shape index (κ2) is 7.92. The molecule has 30 heavy (non-hydrogen) atoms. The summed E-state index contributed by atoms with van der Waals surface area (Å²) >= 11 is 6.08. The van der Waals surface area contributed by atoms with Gasteiger partial charge in [0.25, 0.3) is 0 Å². The number of cyclic esters (lactones) is 1. The SMILES string of the molecule is C=C1CC2COC(=O)C2(Cc2ccc(NC(=O)Cc3c(C)cc(Cl)cc3C)cc2)C1. The number of ether oxygens (including phenoxy) is 1. The highest BCUT2D eigenvalue weighted by molar-refractivity contribution is 6.30. The monoisotopic (exact) mass is 423 g/mol. The maximum atomic E-state index is 12.5. The topological polar surface area (TPSA) is 55.4 Å². The van der Waals surface area contributed by atoms with E-state index in [0.29, 0.717) is 30.9 Å². The first-order chi connectivity index (χ1) is 14.3. The first kappa shape index (κ1) is 20.7. The van der Waals surface area contributed by atoms with E-state index in [2.05, 4.69) is 11.9 Å². The lowest BCUT2D eigenvalue weighted by molar-refractivity contribution is -0.146. The van der Waals surface area contributed by atoms with Gasteiger partial charge in [-0.3, -0.25) is 9.59 Å². The average molecular weight is 424 g/mol. The number of esters is 1. The van der Waals surface area contributed by atoms with Crippen molar-refractivity contribution < 1.29 is 14.3 Å². The van der Waals surface area contributed by atoms with Crippen molar-refractivity contribution in [1.29, 1.82) is 0 Å². The normalized spacial score (nSPS) is 22.7. The number of amides is 1. The Morgan fingerprint density at radius 2 is 1.90 bits per heavy atom. The standard InChI is InChI=1S/C25H26ClNO3/c1-15-8-19-14-30-24(29)25(19,12-15)13-18-4-6-21(7-5-18)27-23(28)11-22-16(2)9-20(26)10-17(22)3/h4-7,9-10,19H,1,8,11-14H2,2-3H3,(H,27,28). The summed E-state index contributed by atoms with van der Waals surface area (Å²) < 4.78 is 5.36. The largest absolute Gasteiger partial charge is 0.465 e. The Balaban J connectivity index is 1.42. The lowest BCUT2D eigenvalue weighted by Crippen LogP contribution is -2.31. The molecule has 1 heterocycles. The number of hydrogen-bond donors (Lipinski definition) is 1. The molecule has 1 N–H and O–H groups in total. The number of hydrogen-bond acceptors (Lipinski definition) is 3. The molecule has 4 nitrogen and oxygen atoms in total. The number of benzene rings is 2. The molecule has 1 amide bonds. The number of fused-ring (bicyclic) bond motifs is 1. The molecule has 1 aliphatic carbocycles. The van der Waals surface area contributed by atoms with Gasteiger partial charge in [0.15, 0.2) is 0 Å². The van der Waals surface area contributed by atoms with Crippen LogP contribution in [0.2, 0.25) is 5.02 Å². The quantitative estimate of drug-likeness (QED) is 0.531. The number of nitrogens with one attached hydrogen (secondary N) is 1. The van der Waals surface area contributed by atoms with Gasteiger partial charge in [-0.15, -0.1) is 0 Å². The minimum absolute atomic E-state index is 0.0682. The van der Waals surface area contributed by atoms with Gasteiger partial charge in [-0.25, -0.2) is 0 Å². The molecule has 2 fully saturated rings. The predicted molar refractivity (Wildman–Crippen MR) is 119 cm³/mol. The van der Waals surface area contributed by atoms with Crippen LogP contribution >= 0.6 is 11.6 Å². The minimum atomic E-state index is -0.467. The third kappa shape index (κ3) is 3.89. The lowest BCUT2D eigenvalue weighted by atomic mass is 9.75. The third-order valence-electron chi connectivity index (χ3n) is 6.46. The van der Waals surface area contributed by atoms with E-state index in [1.807, 2.05) is 50.2 Å². The van der Waals surface area contributed by atoms with Crippen LogP contribution in [-0.4, -0.2) is 18.5 Å². The number of allylic oxidation sites excluding steroid dienone is 1. The summed E-state index contributed by atoms with van der Waals surface area (Å²) in [5.74, 6) is 0.0568. The van der Waals surface area contributed by atoms with Crippen LogP contribution in [0.1, 0.15) is 35.1 Å². The van der Waals surface area contributed by atoms with Crippen LogP contribution in [0.5, 0.6) is 0 Å². The zero-order valence-corrected chi connectivity index (χ0v) is 18.1. The molecule has 4 rings (SSSR count). The van der Waals surface area contributed by atoms with E-state index < -0.39 is 5.41 Å². The predicted octanol–water partition coefficient (Wildman–Crippen LogP) is 5.19. The van der Waals surface area contributed by atoms with Crippen LogP contribution in [0.4, 0.5) is 5.69 Å². The molecule has 2 aromatic carbocycles. The Morgan fingerprint density at radius 3 is 2.57 bits per heavy atom. The van der Waals surface area contributed by atoms with Crippen LogP contribution in [0.25, 0.3) is 0 Å². The van der Waals surface area contributed by atoms with E-state index in [9.17, 15) is 9.59 Å². The van der Waals surface area contributed by atoms with E-state index in [4.69, 9.17) is 16.3 Å². The van der Waals surface area contributed by atoms with Crippen molar-refractivity contribution in [1.82, 2.24) is 0 Å². The molecule has 0 radical (unpaired) electrons. The maximum Gasteiger partial charge on any atom is 0.313 e. The third-order valence-corrected chi connectivity index (χ3v) is 6.68. The van der Waals surface area contributed by atoms with Gasteiger partial charge in [0.1, 0.15) is 0 Å². The first-order valence-corrected chi connectivity index (χ1v) is 10.6. The smallest absolute Gasteiger partial charge is 0.313 e. The van der Waals surface area contributed by atoms with Crippen molar-refractivity contribution in [3.05, 3.63) is 75.8 Å². The van der Waals surface area contributed by atoms with Crippen molar-refractivity contribution in [2.45, 2.75) is 39.5 Å². The fraction of sp³-hybridized carbons (Fsp3) is 0.360. The number of carbonyl (C=O) groups is 2. The van der Waals surface area contributed by atoms with Crippen molar-refractivity contribution in [2.24, 2.45) is 11.3 Å². The van der Waals surface area contributed by atoms with Crippen LogP contribution in [0, 0.1) is 25.2 Å². The highest BCUT2D eigenvalue weighted by Crippen LogP contribution is 2.52. The van der Waals surface area contributed by atoms with Gasteiger partial charge in [0.05, 0.1) is 18.4 Å². The molecule has 5 heteroatoms. The van der Waals surface area contributed by atoms with E-state index in [1.165, 1.54) is 0 Å². The van der Waals surface area contributed by atoms with Gasteiger partial charge in [-0.05, 0) is 79.6 Å². The molecule has 0 spiro atoms. The van der Waals surface area contributed by atoms with E-state index in [0.717, 1.165) is 39.9 Å². The summed E-state index contributed by atoms with van der Waals surface area (Å²) in [6.07, 6.45) is 2.51. The Morgan fingerprint density at radius 1 is 1.23 bits per heavy atom. The number of anilines is 1. The van der Waals surface area contributed by atoms with Crippen LogP contribution in [0.15, 0.2) is 48.6 Å². The molecule has 2 aromatic rings. The number of aryl methyl sites for hydroxylation is 2. The molecule has 2 aliphatic rings. The van der Waals surface area contributed by atoms with Gasteiger partial charge in [-0.1, -0.05) is 35.9 Å². The number of carbonyl (C=O) groups excluding carboxylic acids is 2. The summed E-state index contributed by atoms with van der Waals surface area (Å²) in [6, 6.07) is 11.5. The van der Waals surface area contributed by atoms with Crippen molar-refractivity contribution >= 4 is 29.2 Å². The van der Waals surface area contributed by atoms with Crippen molar-refractivity contribution in [3.8, 4) is 0 Å². The fourth-order valence-corrected chi connectivity index (χ4v) is 5.25. The second-order valence-corrected chi connectivity index (χ2v) is 9.14. The zero-order chi connectivity index (χ0) is 21.5. The number of halogens is 1. The number of rotatable bonds is 5.